The molecular weight excluding hydrogens is 568 g/mol. The summed E-state index contributed by atoms with van der Waals surface area (Å²) < 4.78 is 7.88. The zero-order valence-corrected chi connectivity index (χ0v) is 30.1. The average molecular weight is 642 g/mol. The molecule has 0 spiro atoms. The SMILES string of the molecule is Cl.[CH2]CCCCCCCCCCCCCCC(=O)OCCN1CC[N+](CC[O-])=C1CCCCCCCCCCCCCCC. The third kappa shape index (κ3) is 25.4. The summed E-state index contributed by atoms with van der Waals surface area (Å²) in [6.45, 7) is 9.83. The van der Waals surface area contributed by atoms with Crippen molar-refractivity contribution in [3.05, 3.63) is 6.92 Å². The van der Waals surface area contributed by atoms with Gasteiger partial charge in [0.15, 0.2) is 0 Å². The first kappa shape index (κ1) is 43.2. The van der Waals surface area contributed by atoms with E-state index in [0.717, 1.165) is 45.3 Å². The lowest BCUT2D eigenvalue weighted by molar-refractivity contribution is -0.550. The molecule has 0 N–H and O–H groups in total. The van der Waals surface area contributed by atoms with Gasteiger partial charge >= 0.3 is 5.97 Å². The number of unbranched alkanes of at least 4 members (excludes halogenated alkanes) is 24. The molecule has 5 nitrogen and oxygen atoms in total. The molecule has 1 aliphatic rings. The van der Waals surface area contributed by atoms with Gasteiger partial charge in [0.25, 0.3) is 0 Å². The molecule has 0 amide bonds. The molecule has 6 heteroatoms. The van der Waals surface area contributed by atoms with E-state index >= 15 is 0 Å². The van der Waals surface area contributed by atoms with Crippen molar-refractivity contribution in [2.24, 2.45) is 0 Å². The molecule has 0 bridgehead atoms. The van der Waals surface area contributed by atoms with E-state index in [1.807, 2.05) is 0 Å². The van der Waals surface area contributed by atoms with Crippen LogP contribution in [0.2, 0.25) is 0 Å². The number of carbonyl (C=O) groups is 1. The van der Waals surface area contributed by atoms with E-state index in [9.17, 15) is 9.90 Å². The Morgan fingerprint density at radius 3 is 1.66 bits per heavy atom. The molecule has 0 aliphatic carbocycles. The van der Waals surface area contributed by atoms with Gasteiger partial charge in [-0.1, -0.05) is 168 Å². The van der Waals surface area contributed by atoms with Gasteiger partial charge in [-0.2, -0.15) is 0 Å². The smallest absolute Gasteiger partial charge is 0.305 e. The summed E-state index contributed by atoms with van der Waals surface area (Å²) in [5.41, 5.74) is 0. The molecular formula is C38H74ClN2O3. The predicted molar refractivity (Wildman–Crippen MR) is 190 cm³/mol. The molecule has 44 heavy (non-hydrogen) atoms. The highest BCUT2D eigenvalue weighted by atomic mass is 35.5. The molecule has 0 aromatic heterocycles. The quantitative estimate of drug-likeness (QED) is 0.0406. The van der Waals surface area contributed by atoms with Gasteiger partial charge in [0.2, 0.25) is 5.84 Å². The fourth-order valence-electron chi connectivity index (χ4n) is 6.46. The maximum absolute atomic E-state index is 12.3. The van der Waals surface area contributed by atoms with E-state index in [2.05, 4.69) is 23.3 Å². The molecule has 1 aliphatic heterocycles. The van der Waals surface area contributed by atoms with Gasteiger partial charge in [-0.05, 0) is 12.8 Å². The summed E-state index contributed by atoms with van der Waals surface area (Å²) in [5, 5.41) is 11.4. The first-order chi connectivity index (χ1) is 21.2. The van der Waals surface area contributed by atoms with Crippen molar-refractivity contribution in [2.75, 3.05) is 39.4 Å². The molecule has 0 saturated heterocycles. The summed E-state index contributed by atoms with van der Waals surface area (Å²) in [6.07, 6.45) is 35.9. The van der Waals surface area contributed by atoms with Gasteiger partial charge < -0.3 is 9.84 Å². The first-order valence-electron chi connectivity index (χ1n) is 19.1. The number of nitrogens with zero attached hydrogens (tertiary/aromatic N) is 2. The van der Waals surface area contributed by atoms with Crippen molar-refractivity contribution in [1.29, 1.82) is 0 Å². The molecule has 0 atom stereocenters. The van der Waals surface area contributed by atoms with Crippen LogP contribution in [0.5, 0.6) is 0 Å². The number of rotatable bonds is 33. The lowest BCUT2D eigenvalue weighted by Crippen LogP contribution is -2.34. The van der Waals surface area contributed by atoms with Crippen LogP contribution < -0.4 is 5.11 Å². The normalized spacial score (nSPS) is 13.1. The topological polar surface area (TPSA) is 55.6 Å². The number of hydrogen-bond acceptors (Lipinski definition) is 4. The maximum Gasteiger partial charge on any atom is 0.305 e. The third-order valence-corrected chi connectivity index (χ3v) is 9.24. The molecule has 0 unspecified atom stereocenters. The predicted octanol–water partition coefficient (Wildman–Crippen LogP) is 9.82. The van der Waals surface area contributed by atoms with Gasteiger partial charge in [-0.15, -0.1) is 19.0 Å². The van der Waals surface area contributed by atoms with Crippen molar-refractivity contribution < 1.29 is 19.2 Å². The largest absolute Gasteiger partial charge is 0.852 e. The van der Waals surface area contributed by atoms with Crippen LogP contribution in [-0.2, 0) is 9.53 Å². The summed E-state index contributed by atoms with van der Waals surface area (Å²) in [4.78, 5) is 14.6. The number of esters is 1. The highest BCUT2D eigenvalue weighted by Gasteiger charge is 2.29. The monoisotopic (exact) mass is 642 g/mol. The minimum Gasteiger partial charge on any atom is -0.852 e. The van der Waals surface area contributed by atoms with Crippen LogP contribution in [0.4, 0.5) is 0 Å². The highest BCUT2D eigenvalue weighted by Crippen LogP contribution is 2.16. The molecule has 1 heterocycles. The van der Waals surface area contributed by atoms with Gasteiger partial charge in [0, 0.05) is 12.8 Å². The fourth-order valence-corrected chi connectivity index (χ4v) is 6.46. The standard InChI is InChI=1S/C38H73N2O3.ClH/c1-3-5-7-9-11-13-15-17-19-21-23-25-27-29-37-39(33-35-41)31-32-40(37)34-36-43-38(42)30-28-26-24-22-20-18-16-14-12-10-8-6-4-2;/h2-36H2,1H3;1H. The average Bonchev–Trinajstić information content (AvgIpc) is 3.38. The van der Waals surface area contributed by atoms with Gasteiger partial charge in [0.05, 0.1) is 6.54 Å². The Bertz CT molecular complexity index is 658. The first-order valence-corrected chi connectivity index (χ1v) is 19.1. The van der Waals surface area contributed by atoms with Crippen molar-refractivity contribution >= 4 is 24.2 Å². The summed E-state index contributed by atoms with van der Waals surface area (Å²) in [6, 6.07) is 0. The van der Waals surface area contributed by atoms with E-state index in [-0.39, 0.29) is 25.0 Å². The number of halogens is 1. The number of amidine groups is 1. The zero-order chi connectivity index (χ0) is 31.1. The fraction of sp³-hybridized carbons (Fsp3) is 0.921. The van der Waals surface area contributed by atoms with Crippen LogP contribution in [0.25, 0.3) is 0 Å². The van der Waals surface area contributed by atoms with E-state index in [1.54, 1.807) is 0 Å². The van der Waals surface area contributed by atoms with Crippen LogP contribution in [0.3, 0.4) is 0 Å². The molecule has 0 saturated carbocycles. The van der Waals surface area contributed by atoms with Crippen LogP contribution in [0.15, 0.2) is 0 Å². The molecule has 0 fully saturated rings. The lowest BCUT2D eigenvalue weighted by Gasteiger charge is -2.15. The van der Waals surface area contributed by atoms with Gasteiger partial charge in [-0.25, -0.2) is 0 Å². The van der Waals surface area contributed by atoms with Crippen LogP contribution in [0.1, 0.15) is 187 Å². The second-order valence-electron chi connectivity index (χ2n) is 13.2. The Kier molecular flexibility index (Phi) is 32.9. The van der Waals surface area contributed by atoms with E-state index in [0.29, 0.717) is 19.6 Å². The second-order valence-corrected chi connectivity index (χ2v) is 13.2. The maximum atomic E-state index is 12.3. The summed E-state index contributed by atoms with van der Waals surface area (Å²) in [5.74, 6) is 1.26. The van der Waals surface area contributed by atoms with Gasteiger partial charge in [0.1, 0.15) is 26.2 Å². The molecule has 261 valence electrons. The molecule has 0 aromatic rings. The number of carbonyl (C=O) groups excluding carboxylic acids is 1. The highest BCUT2D eigenvalue weighted by molar-refractivity contribution is 5.85. The van der Waals surface area contributed by atoms with Crippen molar-refractivity contribution in [2.45, 2.75) is 187 Å². The Morgan fingerprint density at radius 1 is 0.727 bits per heavy atom. The lowest BCUT2D eigenvalue weighted by atomic mass is 10.0. The van der Waals surface area contributed by atoms with Crippen LogP contribution in [-0.4, -0.2) is 60.7 Å². The van der Waals surface area contributed by atoms with E-state index < -0.39 is 0 Å². The van der Waals surface area contributed by atoms with Crippen molar-refractivity contribution in [3.63, 3.8) is 0 Å². The number of ether oxygens (including phenoxy) is 1. The Balaban J connectivity index is 0.0000185. The molecule has 1 radical (unpaired) electrons. The molecule has 0 aromatic carbocycles. The Morgan fingerprint density at radius 2 is 1.18 bits per heavy atom. The Labute approximate surface area is 280 Å². The summed E-state index contributed by atoms with van der Waals surface area (Å²) >= 11 is 0. The minimum atomic E-state index is -0.0533. The van der Waals surface area contributed by atoms with E-state index in [4.69, 9.17) is 4.74 Å². The van der Waals surface area contributed by atoms with Gasteiger partial charge in [-0.3, -0.25) is 14.3 Å². The zero-order valence-electron chi connectivity index (χ0n) is 29.3. The van der Waals surface area contributed by atoms with Crippen LogP contribution >= 0.6 is 12.4 Å². The van der Waals surface area contributed by atoms with Crippen molar-refractivity contribution in [1.82, 2.24) is 4.90 Å². The summed E-state index contributed by atoms with van der Waals surface area (Å²) in [7, 11) is 0. The minimum absolute atomic E-state index is 0. The second kappa shape index (κ2) is 33.6. The Hall–Kier alpha value is -0.810. The van der Waals surface area contributed by atoms with E-state index in [1.165, 1.54) is 154 Å². The van der Waals surface area contributed by atoms with Crippen molar-refractivity contribution in [3.8, 4) is 0 Å². The third-order valence-electron chi connectivity index (χ3n) is 9.24. The molecule has 1 rings (SSSR count). The van der Waals surface area contributed by atoms with Crippen LogP contribution in [0, 0.1) is 6.92 Å². The number of hydrogen-bond donors (Lipinski definition) is 0.